The minimum absolute atomic E-state index is 0.0171. The van der Waals surface area contributed by atoms with Crippen LogP contribution in [0.4, 0.5) is 5.69 Å². The number of piperidine rings is 1. The lowest BCUT2D eigenvalue weighted by Crippen LogP contribution is -2.63. The van der Waals surface area contributed by atoms with E-state index in [0.717, 1.165) is 0 Å². The van der Waals surface area contributed by atoms with Crippen molar-refractivity contribution in [2.45, 2.75) is 24.8 Å². The predicted molar refractivity (Wildman–Crippen MR) is 132 cm³/mol. The summed E-state index contributed by atoms with van der Waals surface area (Å²) in [7, 11) is 0. The molecule has 10 nitrogen and oxygen atoms in total. The van der Waals surface area contributed by atoms with Gasteiger partial charge in [-0.25, -0.2) is 0 Å². The fourth-order valence-corrected chi connectivity index (χ4v) is 4.10. The zero-order valence-corrected chi connectivity index (χ0v) is 20.2. The van der Waals surface area contributed by atoms with E-state index < -0.39 is 16.4 Å². The summed E-state index contributed by atoms with van der Waals surface area (Å²) in [4.78, 5) is 48.5. The van der Waals surface area contributed by atoms with Crippen LogP contribution in [0.3, 0.4) is 0 Å². The number of nitro benzene ring substituents is 1. The van der Waals surface area contributed by atoms with Crippen LogP contribution in [-0.4, -0.2) is 54.4 Å². The molecule has 0 aromatic heterocycles. The Kier molecular flexibility index (Phi) is 9.02. The van der Waals surface area contributed by atoms with E-state index in [2.05, 4.69) is 21.3 Å². The van der Waals surface area contributed by atoms with E-state index in [9.17, 15) is 24.5 Å². The highest BCUT2D eigenvalue weighted by Crippen LogP contribution is 2.26. The number of carbonyl (C=O) groups is 3. The molecule has 0 saturated carbocycles. The van der Waals surface area contributed by atoms with Crippen molar-refractivity contribution >= 4 is 46.6 Å². The molecule has 2 aromatic rings. The first-order valence-corrected chi connectivity index (χ1v) is 11.7. The van der Waals surface area contributed by atoms with Crippen LogP contribution < -0.4 is 21.3 Å². The first-order valence-electron chi connectivity index (χ1n) is 11.0. The van der Waals surface area contributed by atoms with Gasteiger partial charge in [-0.15, -0.1) is 0 Å². The smallest absolute Gasteiger partial charge is 0.288 e. The monoisotopic (exact) mass is 521 g/mol. The predicted octanol–water partition coefficient (Wildman–Crippen LogP) is 2.23. The average Bonchev–Trinajstić information content (AvgIpc) is 2.83. The van der Waals surface area contributed by atoms with Crippen LogP contribution >= 0.6 is 23.2 Å². The zero-order chi connectivity index (χ0) is 25.4. The Morgan fingerprint density at radius 3 is 2.31 bits per heavy atom. The Balaban J connectivity index is 1.56. The number of hydrogen-bond acceptors (Lipinski definition) is 6. The molecule has 4 N–H and O–H groups in total. The number of rotatable bonds is 9. The van der Waals surface area contributed by atoms with E-state index in [1.807, 2.05) is 0 Å². The minimum atomic E-state index is -1.12. The van der Waals surface area contributed by atoms with Crippen molar-refractivity contribution in [2.75, 3.05) is 26.2 Å². The van der Waals surface area contributed by atoms with Crippen LogP contribution in [0, 0.1) is 10.1 Å². The molecule has 0 radical (unpaired) electrons. The molecule has 35 heavy (non-hydrogen) atoms. The van der Waals surface area contributed by atoms with Crippen molar-refractivity contribution in [2.24, 2.45) is 0 Å². The summed E-state index contributed by atoms with van der Waals surface area (Å²) >= 11 is 11.7. The van der Waals surface area contributed by atoms with Gasteiger partial charge in [0.15, 0.2) is 0 Å². The molecule has 0 spiro atoms. The summed E-state index contributed by atoms with van der Waals surface area (Å²) < 4.78 is 0. The summed E-state index contributed by atoms with van der Waals surface area (Å²) in [6.45, 7) is 1.44. The number of carbonyl (C=O) groups excluding carboxylic acids is 3. The molecule has 0 unspecified atom stereocenters. The molecule has 1 fully saturated rings. The number of halogens is 2. The molecule has 12 heteroatoms. The quantitative estimate of drug-likeness (QED) is 0.226. The SMILES string of the molecule is O=C(Cc1ccc(Cl)c([N+](=O)[O-])c1)NC1(C(=O)NCCNC(=O)c2ccc(Cl)cc2)CCNCC1. The molecule has 1 heterocycles. The topological polar surface area (TPSA) is 142 Å². The molecule has 1 aliphatic rings. The first kappa shape index (κ1) is 26.4. The van der Waals surface area contributed by atoms with Crippen molar-refractivity contribution in [3.05, 3.63) is 73.8 Å². The maximum absolute atomic E-state index is 13.1. The molecule has 3 rings (SSSR count). The first-order chi connectivity index (χ1) is 16.7. The van der Waals surface area contributed by atoms with Gasteiger partial charge in [0.25, 0.3) is 11.6 Å². The lowest BCUT2D eigenvalue weighted by atomic mass is 9.86. The van der Waals surface area contributed by atoms with Gasteiger partial charge in [-0.05, 0) is 61.8 Å². The second-order valence-corrected chi connectivity index (χ2v) is 8.96. The van der Waals surface area contributed by atoms with Crippen molar-refractivity contribution in [1.29, 1.82) is 0 Å². The third kappa shape index (κ3) is 7.14. The fourth-order valence-electron chi connectivity index (χ4n) is 3.79. The van der Waals surface area contributed by atoms with Gasteiger partial charge in [0.05, 0.1) is 11.3 Å². The fraction of sp³-hybridized carbons (Fsp3) is 0.348. The molecule has 0 bridgehead atoms. The van der Waals surface area contributed by atoms with E-state index >= 15 is 0 Å². The highest BCUT2D eigenvalue weighted by atomic mass is 35.5. The van der Waals surface area contributed by atoms with Crippen molar-refractivity contribution in [1.82, 2.24) is 21.3 Å². The molecule has 0 aliphatic carbocycles. The van der Waals surface area contributed by atoms with Gasteiger partial charge in [0, 0.05) is 29.7 Å². The standard InChI is InChI=1S/C23H25Cl2N5O5/c24-17-4-2-16(3-5-17)21(32)27-11-12-28-22(33)23(7-9-26-10-8-23)29-20(31)14-15-1-6-18(25)19(13-15)30(34)35/h1-6,13,26H,7-12,14H2,(H,27,32)(H,28,33)(H,29,31). The number of nitro groups is 1. The van der Waals surface area contributed by atoms with E-state index in [1.165, 1.54) is 18.2 Å². The normalized spacial score (nSPS) is 14.6. The molecular formula is C23H25Cl2N5O5. The number of amides is 3. The summed E-state index contributed by atoms with van der Waals surface area (Å²) in [5.41, 5.74) is -0.550. The van der Waals surface area contributed by atoms with E-state index in [1.54, 1.807) is 24.3 Å². The second-order valence-electron chi connectivity index (χ2n) is 8.12. The maximum Gasteiger partial charge on any atom is 0.288 e. The molecule has 0 atom stereocenters. The van der Waals surface area contributed by atoms with Crippen LogP contribution in [0.1, 0.15) is 28.8 Å². The number of hydrogen-bond donors (Lipinski definition) is 4. The Hall–Kier alpha value is -3.21. The lowest BCUT2D eigenvalue weighted by molar-refractivity contribution is -0.384. The molecule has 3 amide bonds. The molecule has 2 aromatic carbocycles. The summed E-state index contributed by atoms with van der Waals surface area (Å²) in [5, 5.41) is 23.1. The highest BCUT2D eigenvalue weighted by Gasteiger charge is 2.40. The highest BCUT2D eigenvalue weighted by molar-refractivity contribution is 6.32. The lowest BCUT2D eigenvalue weighted by Gasteiger charge is -2.37. The summed E-state index contributed by atoms with van der Waals surface area (Å²) in [5.74, 6) is -1.08. The van der Waals surface area contributed by atoms with Gasteiger partial charge in [-0.1, -0.05) is 29.3 Å². The molecule has 1 saturated heterocycles. The third-order valence-corrected chi connectivity index (χ3v) is 6.22. The van der Waals surface area contributed by atoms with Crippen LogP contribution in [0.15, 0.2) is 42.5 Å². The van der Waals surface area contributed by atoms with Crippen molar-refractivity contribution < 1.29 is 19.3 Å². The maximum atomic E-state index is 13.1. The largest absolute Gasteiger partial charge is 0.352 e. The van der Waals surface area contributed by atoms with Gasteiger partial charge < -0.3 is 21.3 Å². The van der Waals surface area contributed by atoms with Crippen molar-refractivity contribution in [3.8, 4) is 0 Å². The molecule has 1 aliphatic heterocycles. The van der Waals surface area contributed by atoms with Crippen molar-refractivity contribution in [3.63, 3.8) is 0 Å². The van der Waals surface area contributed by atoms with E-state index in [-0.39, 0.29) is 42.0 Å². The number of benzene rings is 2. The Labute approximate surface area is 211 Å². The Morgan fingerprint density at radius 2 is 1.66 bits per heavy atom. The number of nitrogens with one attached hydrogen (secondary N) is 4. The van der Waals surface area contributed by atoms with Crippen LogP contribution in [0.2, 0.25) is 10.0 Å². The molecular weight excluding hydrogens is 497 g/mol. The van der Waals surface area contributed by atoms with E-state index in [0.29, 0.717) is 42.1 Å². The van der Waals surface area contributed by atoms with Gasteiger partial charge in [-0.3, -0.25) is 24.5 Å². The third-order valence-electron chi connectivity index (χ3n) is 5.64. The molecule has 186 valence electrons. The van der Waals surface area contributed by atoms with Crippen LogP contribution in [-0.2, 0) is 16.0 Å². The Bertz CT molecular complexity index is 1100. The van der Waals surface area contributed by atoms with Gasteiger partial charge in [-0.2, -0.15) is 0 Å². The summed E-state index contributed by atoms with van der Waals surface area (Å²) in [6, 6.07) is 10.6. The van der Waals surface area contributed by atoms with Gasteiger partial charge in [0.2, 0.25) is 11.8 Å². The van der Waals surface area contributed by atoms with Gasteiger partial charge >= 0.3 is 0 Å². The Morgan fingerprint density at radius 1 is 1.00 bits per heavy atom. The zero-order valence-electron chi connectivity index (χ0n) is 18.7. The second kappa shape index (κ2) is 12.0. The van der Waals surface area contributed by atoms with Crippen LogP contribution in [0.25, 0.3) is 0 Å². The van der Waals surface area contributed by atoms with E-state index in [4.69, 9.17) is 23.2 Å². The van der Waals surface area contributed by atoms with Crippen LogP contribution in [0.5, 0.6) is 0 Å². The van der Waals surface area contributed by atoms with Gasteiger partial charge in [0.1, 0.15) is 10.6 Å². The number of nitrogens with zero attached hydrogens (tertiary/aromatic N) is 1. The average molecular weight is 522 g/mol. The minimum Gasteiger partial charge on any atom is -0.352 e. The summed E-state index contributed by atoms with van der Waals surface area (Å²) in [6.07, 6.45) is 0.614.